The van der Waals surface area contributed by atoms with Crippen molar-refractivity contribution in [3.8, 4) is 0 Å². The lowest BCUT2D eigenvalue weighted by molar-refractivity contribution is 0.171. The second-order valence-electron chi connectivity index (χ2n) is 3.35. The van der Waals surface area contributed by atoms with Crippen LogP contribution in [0.4, 0.5) is 4.39 Å². The van der Waals surface area contributed by atoms with Crippen molar-refractivity contribution in [2.24, 2.45) is 0 Å². The summed E-state index contributed by atoms with van der Waals surface area (Å²) in [5, 5.41) is 9.38. The molecule has 0 fully saturated rings. The topological polar surface area (TPSA) is 20.2 Å². The summed E-state index contributed by atoms with van der Waals surface area (Å²) in [6, 6.07) is 4.96. The number of hydrogen-bond acceptors (Lipinski definition) is 1. The smallest absolute Gasteiger partial charge is 0.126 e. The summed E-state index contributed by atoms with van der Waals surface area (Å²) in [5.74, 6) is -0.185. The quantitative estimate of drug-likeness (QED) is 0.761. The molecule has 2 heteroatoms. The summed E-state index contributed by atoms with van der Waals surface area (Å²) < 4.78 is 12.9. The van der Waals surface area contributed by atoms with Gasteiger partial charge in [-0.15, -0.1) is 0 Å². The second-order valence-corrected chi connectivity index (χ2v) is 3.35. The number of rotatable bonds is 3. The van der Waals surface area contributed by atoms with Gasteiger partial charge in [0.25, 0.3) is 0 Å². The molecule has 0 aliphatic heterocycles. The van der Waals surface area contributed by atoms with Crippen molar-refractivity contribution >= 4 is 0 Å². The number of benzene rings is 1. The molecule has 0 radical (unpaired) electrons. The Morgan fingerprint density at radius 2 is 2.15 bits per heavy atom. The van der Waals surface area contributed by atoms with E-state index in [9.17, 15) is 9.50 Å². The predicted molar refractivity (Wildman–Crippen MR) is 51.1 cm³/mol. The first kappa shape index (κ1) is 10.2. The molecule has 1 N–H and O–H groups in total. The molecule has 0 bridgehead atoms. The summed E-state index contributed by atoms with van der Waals surface area (Å²) in [6.07, 6.45) is 1.03. The van der Waals surface area contributed by atoms with Gasteiger partial charge in [-0.05, 0) is 37.0 Å². The van der Waals surface area contributed by atoms with Crippen LogP contribution in [0.25, 0.3) is 0 Å². The number of hydrogen-bond donors (Lipinski definition) is 1. The van der Waals surface area contributed by atoms with Gasteiger partial charge in [0.1, 0.15) is 5.82 Å². The van der Waals surface area contributed by atoms with Crippen LogP contribution in [0.5, 0.6) is 0 Å². The van der Waals surface area contributed by atoms with E-state index < -0.39 is 0 Å². The van der Waals surface area contributed by atoms with Gasteiger partial charge < -0.3 is 5.11 Å². The third-order valence-corrected chi connectivity index (χ3v) is 2.16. The van der Waals surface area contributed by atoms with Crippen molar-refractivity contribution in [2.45, 2.75) is 32.8 Å². The van der Waals surface area contributed by atoms with Crippen molar-refractivity contribution in [1.82, 2.24) is 0 Å². The van der Waals surface area contributed by atoms with E-state index in [0.29, 0.717) is 12.0 Å². The second kappa shape index (κ2) is 4.38. The Balaban J connectivity index is 2.73. The molecule has 0 heterocycles. The minimum absolute atomic E-state index is 0.185. The molecule has 1 rings (SSSR count). The molecule has 0 amide bonds. The monoisotopic (exact) mass is 182 g/mol. The number of aliphatic hydroxyl groups excluding tert-OH is 1. The van der Waals surface area contributed by atoms with E-state index in [4.69, 9.17) is 0 Å². The fourth-order valence-corrected chi connectivity index (χ4v) is 1.25. The van der Waals surface area contributed by atoms with E-state index in [1.165, 1.54) is 6.07 Å². The van der Waals surface area contributed by atoms with Crippen LogP contribution in [-0.2, 0) is 6.42 Å². The van der Waals surface area contributed by atoms with Crippen LogP contribution < -0.4 is 0 Å². The Kier molecular flexibility index (Phi) is 3.43. The van der Waals surface area contributed by atoms with E-state index in [2.05, 4.69) is 0 Å². The Hall–Kier alpha value is -0.890. The first-order valence-corrected chi connectivity index (χ1v) is 4.56. The molecular weight excluding hydrogens is 167 g/mol. The minimum Gasteiger partial charge on any atom is -0.393 e. The lowest BCUT2D eigenvalue weighted by atomic mass is 10.0. The van der Waals surface area contributed by atoms with Crippen LogP contribution in [0.1, 0.15) is 24.5 Å². The van der Waals surface area contributed by atoms with Gasteiger partial charge in [-0.3, -0.25) is 0 Å². The fraction of sp³-hybridized carbons (Fsp3) is 0.455. The van der Waals surface area contributed by atoms with Crippen LogP contribution in [0.15, 0.2) is 18.2 Å². The minimum atomic E-state index is -0.315. The first-order chi connectivity index (χ1) is 6.13. The van der Waals surface area contributed by atoms with Gasteiger partial charge in [0, 0.05) is 0 Å². The highest BCUT2D eigenvalue weighted by atomic mass is 19.1. The van der Waals surface area contributed by atoms with E-state index >= 15 is 0 Å². The van der Waals surface area contributed by atoms with Crippen LogP contribution in [-0.4, -0.2) is 11.2 Å². The van der Waals surface area contributed by atoms with Gasteiger partial charge in [-0.1, -0.05) is 19.1 Å². The third kappa shape index (κ3) is 2.81. The van der Waals surface area contributed by atoms with E-state index in [-0.39, 0.29) is 11.9 Å². The van der Waals surface area contributed by atoms with Gasteiger partial charge in [0.15, 0.2) is 0 Å². The average Bonchev–Trinajstić information content (AvgIpc) is 2.11. The zero-order valence-electron chi connectivity index (χ0n) is 8.05. The van der Waals surface area contributed by atoms with E-state index in [1.54, 1.807) is 19.1 Å². The molecule has 13 heavy (non-hydrogen) atoms. The zero-order valence-corrected chi connectivity index (χ0v) is 8.05. The number of aliphatic hydroxyl groups is 1. The normalized spacial score (nSPS) is 12.9. The molecule has 1 atom stereocenters. The Labute approximate surface area is 78.2 Å². The summed E-state index contributed by atoms with van der Waals surface area (Å²) in [4.78, 5) is 0. The van der Waals surface area contributed by atoms with Gasteiger partial charge in [0.2, 0.25) is 0 Å². The molecule has 0 saturated heterocycles. The lowest BCUT2D eigenvalue weighted by Gasteiger charge is -2.08. The molecule has 0 spiro atoms. The SMILES string of the molecule is CC[C@H](O)Cc1ccc(F)c(C)c1. The summed E-state index contributed by atoms with van der Waals surface area (Å²) >= 11 is 0. The van der Waals surface area contributed by atoms with Gasteiger partial charge in [-0.25, -0.2) is 4.39 Å². The Morgan fingerprint density at radius 1 is 1.46 bits per heavy atom. The van der Waals surface area contributed by atoms with Gasteiger partial charge >= 0.3 is 0 Å². The molecule has 1 aromatic rings. The van der Waals surface area contributed by atoms with Gasteiger partial charge in [0.05, 0.1) is 6.10 Å². The van der Waals surface area contributed by atoms with Crippen molar-refractivity contribution in [1.29, 1.82) is 0 Å². The number of halogens is 1. The molecular formula is C11H15FO. The predicted octanol–water partition coefficient (Wildman–Crippen LogP) is 2.45. The largest absolute Gasteiger partial charge is 0.393 e. The molecule has 0 saturated carbocycles. The van der Waals surface area contributed by atoms with Crippen molar-refractivity contribution in [2.75, 3.05) is 0 Å². The van der Waals surface area contributed by atoms with E-state index in [0.717, 1.165) is 12.0 Å². The van der Waals surface area contributed by atoms with E-state index in [1.807, 2.05) is 6.92 Å². The zero-order chi connectivity index (χ0) is 9.84. The lowest BCUT2D eigenvalue weighted by Crippen LogP contribution is -2.08. The molecule has 0 unspecified atom stereocenters. The molecule has 0 aliphatic carbocycles. The van der Waals surface area contributed by atoms with Crippen LogP contribution >= 0.6 is 0 Å². The van der Waals surface area contributed by atoms with Crippen molar-refractivity contribution in [3.63, 3.8) is 0 Å². The summed E-state index contributed by atoms with van der Waals surface area (Å²) in [7, 11) is 0. The average molecular weight is 182 g/mol. The van der Waals surface area contributed by atoms with Crippen LogP contribution in [0.3, 0.4) is 0 Å². The standard InChI is InChI=1S/C11H15FO/c1-3-10(13)7-9-4-5-11(12)8(2)6-9/h4-6,10,13H,3,7H2,1-2H3/t10-/m0/s1. The van der Waals surface area contributed by atoms with Crippen LogP contribution in [0, 0.1) is 12.7 Å². The highest BCUT2D eigenvalue weighted by Crippen LogP contribution is 2.11. The molecule has 1 nitrogen and oxygen atoms in total. The third-order valence-electron chi connectivity index (χ3n) is 2.16. The summed E-state index contributed by atoms with van der Waals surface area (Å²) in [5.41, 5.74) is 1.63. The molecule has 1 aromatic carbocycles. The van der Waals surface area contributed by atoms with Crippen LogP contribution in [0.2, 0.25) is 0 Å². The first-order valence-electron chi connectivity index (χ1n) is 4.56. The Morgan fingerprint density at radius 3 is 2.69 bits per heavy atom. The maximum absolute atomic E-state index is 12.9. The fourth-order valence-electron chi connectivity index (χ4n) is 1.25. The molecule has 0 aliphatic rings. The molecule has 0 aromatic heterocycles. The summed E-state index contributed by atoms with van der Waals surface area (Å²) in [6.45, 7) is 3.66. The van der Waals surface area contributed by atoms with Crippen molar-refractivity contribution < 1.29 is 9.50 Å². The maximum atomic E-state index is 12.9. The highest BCUT2D eigenvalue weighted by Gasteiger charge is 2.04. The Bertz CT molecular complexity index is 283. The molecule has 72 valence electrons. The maximum Gasteiger partial charge on any atom is 0.126 e. The highest BCUT2D eigenvalue weighted by molar-refractivity contribution is 5.24. The van der Waals surface area contributed by atoms with Crippen molar-refractivity contribution in [3.05, 3.63) is 35.1 Å². The number of aryl methyl sites for hydroxylation is 1. The van der Waals surface area contributed by atoms with Gasteiger partial charge in [-0.2, -0.15) is 0 Å².